The number of nitrogens with two attached hydrogens (primary N) is 1. The van der Waals surface area contributed by atoms with Crippen molar-refractivity contribution in [3.05, 3.63) is 35.6 Å². The Kier molecular flexibility index (Phi) is 5.13. The molecule has 0 bridgehead atoms. The van der Waals surface area contributed by atoms with Crippen LogP contribution < -0.4 is 5.73 Å². The average Bonchev–Trinajstić information content (AvgIpc) is 2.38. The molecule has 0 spiro atoms. The Morgan fingerprint density at radius 1 is 1.45 bits per heavy atom. The second-order valence-corrected chi connectivity index (χ2v) is 6.08. The third-order valence-corrected chi connectivity index (χ3v) is 4.30. The molecule has 0 amide bonds. The molecule has 2 rings (SSSR count). The van der Waals surface area contributed by atoms with E-state index in [9.17, 15) is 4.39 Å². The molecule has 1 aromatic rings. The predicted octanol–water partition coefficient (Wildman–Crippen LogP) is 2.24. The first-order valence-electron chi connectivity index (χ1n) is 7.40. The van der Waals surface area contributed by atoms with Crippen LogP contribution in [-0.4, -0.2) is 49.1 Å². The maximum atomic E-state index is 13.5. The van der Waals surface area contributed by atoms with Gasteiger partial charge in [-0.05, 0) is 58.1 Å². The van der Waals surface area contributed by atoms with E-state index < -0.39 is 0 Å². The van der Waals surface area contributed by atoms with Crippen molar-refractivity contribution in [2.24, 2.45) is 5.73 Å². The minimum Gasteiger partial charge on any atom is -0.326 e. The number of rotatable bonds is 4. The van der Waals surface area contributed by atoms with E-state index in [0.717, 1.165) is 18.7 Å². The molecule has 1 aliphatic rings. The molecule has 0 aromatic heterocycles. The lowest BCUT2D eigenvalue weighted by Gasteiger charge is -2.41. The van der Waals surface area contributed by atoms with Crippen LogP contribution in [0.3, 0.4) is 0 Å². The highest BCUT2D eigenvalue weighted by Gasteiger charge is 2.29. The van der Waals surface area contributed by atoms with Gasteiger partial charge in [0.1, 0.15) is 5.82 Å². The van der Waals surface area contributed by atoms with Crippen molar-refractivity contribution in [2.45, 2.75) is 37.9 Å². The van der Waals surface area contributed by atoms with Crippen LogP contribution in [0, 0.1) is 5.82 Å². The molecule has 3 unspecified atom stereocenters. The zero-order valence-electron chi connectivity index (χ0n) is 12.7. The molecule has 1 aliphatic heterocycles. The van der Waals surface area contributed by atoms with Crippen LogP contribution in [-0.2, 0) is 0 Å². The summed E-state index contributed by atoms with van der Waals surface area (Å²) in [7, 11) is 4.27. The van der Waals surface area contributed by atoms with Gasteiger partial charge in [0.05, 0.1) is 0 Å². The summed E-state index contributed by atoms with van der Waals surface area (Å²) < 4.78 is 13.5. The monoisotopic (exact) mass is 279 g/mol. The first kappa shape index (κ1) is 15.4. The lowest BCUT2D eigenvalue weighted by molar-refractivity contribution is 0.0891. The maximum absolute atomic E-state index is 13.5. The van der Waals surface area contributed by atoms with Crippen LogP contribution in [0.25, 0.3) is 0 Å². The van der Waals surface area contributed by atoms with Gasteiger partial charge in [0.15, 0.2) is 0 Å². The van der Waals surface area contributed by atoms with Gasteiger partial charge in [0, 0.05) is 24.7 Å². The second kappa shape index (κ2) is 6.66. The average molecular weight is 279 g/mol. The molecule has 1 saturated heterocycles. The summed E-state index contributed by atoms with van der Waals surface area (Å²) in [5.74, 6) is -0.192. The summed E-state index contributed by atoms with van der Waals surface area (Å²) in [6.45, 7) is 4.21. The van der Waals surface area contributed by atoms with Crippen LogP contribution in [0.1, 0.15) is 31.4 Å². The molecule has 3 nitrogen and oxygen atoms in total. The van der Waals surface area contributed by atoms with E-state index in [-0.39, 0.29) is 17.9 Å². The predicted molar refractivity (Wildman–Crippen MR) is 81.1 cm³/mol. The second-order valence-electron chi connectivity index (χ2n) is 6.08. The molecule has 112 valence electrons. The third-order valence-electron chi connectivity index (χ3n) is 4.30. The molecule has 1 fully saturated rings. The normalized spacial score (nSPS) is 23.8. The van der Waals surface area contributed by atoms with E-state index in [0.29, 0.717) is 6.04 Å². The van der Waals surface area contributed by atoms with E-state index >= 15 is 0 Å². The van der Waals surface area contributed by atoms with Gasteiger partial charge in [-0.25, -0.2) is 4.39 Å². The molecule has 0 saturated carbocycles. The van der Waals surface area contributed by atoms with Crippen LogP contribution in [0.2, 0.25) is 0 Å². The van der Waals surface area contributed by atoms with Gasteiger partial charge in [-0.15, -0.1) is 0 Å². The molecule has 1 aromatic carbocycles. The Balaban J connectivity index is 2.19. The van der Waals surface area contributed by atoms with Crippen molar-refractivity contribution in [2.75, 3.05) is 27.2 Å². The van der Waals surface area contributed by atoms with Gasteiger partial charge in [-0.3, -0.25) is 4.90 Å². The Labute approximate surface area is 121 Å². The molecule has 4 heteroatoms. The van der Waals surface area contributed by atoms with E-state index in [1.54, 1.807) is 12.1 Å². The fourth-order valence-corrected chi connectivity index (χ4v) is 3.30. The third kappa shape index (κ3) is 3.57. The van der Waals surface area contributed by atoms with E-state index in [1.807, 2.05) is 13.0 Å². The summed E-state index contributed by atoms with van der Waals surface area (Å²) in [6, 6.07) is 7.33. The maximum Gasteiger partial charge on any atom is 0.123 e. The fourth-order valence-electron chi connectivity index (χ4n) is 3.30. The van der Waals surface area contributed by atoms with Gasteiger partial charge in [0.25, 0.3) is 0 Å². The van der Waals surface area contributed by atoms with E-state index in [2.05, 4.69) is 23.9 Å². The zero-order chi connectivity index (χ0) is 14.7. The van der Waals surface area contributed by atoms with Gasteiger partial charge in [-0.1, -0.05) is 12.1 Å². The summed E-state index contributed by atoms with van der Waals surface area (Å²) in [5, 5.41) is 0. The number of benzene rings is 1. The lowest BCUT2D eigenvalue weighted by Crippen LogP contribution is -2.49. The van der Waals surface area contributed by atoms with Gasteiger partial charge >= 0.3 is 0 Å². The van der Waals surface area contributed by atoms with Gasteiger partial charge in [-0.2, -0.15) is 0 Å². The van der Waals surface area contributed by atoms with Crippen molar-refractivity contribution in [1.29, 1.82) is 0 Å². The minimum absolute atomic E-state index is 0.0333. The van der Waals surface area contributed by atoms with Crippen LogP contribution in [0.4, 0.5) is 4.39 Å². The van der Waals surface area contributed by atoms with Crippen LogP contribution in [0.5, 0.6) is 0 Å². The minimum atomic E-state index is -0.192. The van der Waals surface area contributed by atoms with Crippen LogP contribution in [0.15, 0.2) is 24.3 Å². The van der Waals surface area contributed by atoms with E-state index in [1.165, 1.54) is 18.9 Å². The Morgan fingerprint density at radius 2 is 2.20 bits per heavy atom. The Hall–Kier alpha value is -0.970. The molecular weight excluding hydrogens is 253 g/mol. The number of nitrogens with zero attached hydrogens (tertiary/aromatic N) is 2. The fraction of sp³-hybridized carbons (Fsp3) is 0.625. The van der Waals surface area contributed by atoms with Gasteiger partial charge in [0.2, 0.25) is 0 Å². The quantitative estimate of drug-likeness (QED) is 0.917. The highest BCUT2D eigenvalue weighted by atomic mass is 19.1. The molecule has 20 heavy (non-hydrogen) atoms. The molecule has 2 N–H and O–H groups in total. The SMILES string of the molecule is CC(N)C(c1cccc(F)c1)N(C)C1CCCN(C)C1. The number of likely N-dealkylation sites (N-methyl/N-ethyl adjacent to an activating group) is 2. The van der Waals surface area contributed by atoms with Crippen molar-refractivity contribution in [1.82, 2.24) is 9.80 Å². The number of hydrogen-bond acceptors (Lipinski definition) is 3. The topological polar surface area (TPSA) is 32.5 Å². The van der Waals surface area contributed by atoms with Crippen molar-refractivity contribution < 1.29 is 4.39 Å². The number of hydrogen-bond donors (Lipinski definition) is 1. The number of halogens is 1. The lowest BCUT2D eigenvalue weighted by atomic mass is 9.95. The highest BCUT2D eigenvalue weighted by molar-refractivity contribution is 5.22. The molecular formula is C16H26FN3. The molecule has 0 aliphatic carbocycles. The van der Waals surface area contributed by atoms with Crippen molar-refractivity contribution in [3.8, 4) is 0 Å². The summed E-state index contributed by atoms with van der Waals surface area (Å²) in [6.07, 6.45) is 2.39. The first-order valence-corrected chi connectivity index (χ1v) is 7.40. The number of likely N-dealkylation sites (tertiary alicyclic amines) is 1. The molecule has 1 heterocycles. The summed E-state index contributed by atoms with van der Waals surface area (Å²) >= 11 is 0. The first-order chi connectivity index (χ1) is 9.49. The Morgan fingerprint density at radius 3 is 2.80 bits per heavy atom. The molecule has 0 radical (unpaired) electrons. The van der Waals surface area contributed by atoms with Crippen molar-refractivity contribution in [3.63, 3.8) is 0 Å². The summed E-state index contributed by atoms with van der Waals surface area (Å²) in [4.78, 5) is 4.68. The Bertz CT molecular complexity index is 435. The zero-order valence-corrected chi connectivity index (χ0v) is 12.7. The summed E-state index contributed by atoms with van der Waals surface area (Å²) in [5.41, 5.74) is 7.15. The highest BCUT2D eigenvalue weighted by Crippen LogP contribution is 2.27. The van der Waals surface area contributed by atoms with E-state index in [4.69, 9.17) is 5.73 Å². The van der Waals surface area contributed by atoms with Gasteiger partial charge < -0.3 is 10.6 Å². The standard InChI is InChI=1S/C16H26FN3/c1-12(18)16(13-6-4-7-14(17)10-13)20(3)15-8-5-9-19(2)11-15/h4,6-7,10,12,15-16H,5,8-9,11,18H2,1-3H3. The largest absolute Gasteiger partial charge is 0.326 e. The smallest absolute Gasteiger partial charge is 0.123 e. The number of piperidine rings is 1. The van der Waals surface area contributed by atoms with Crippen LogP contribution >= 0.6 is 0 Å². The van der Waals surface area contributed by atoms with Crippen molar-refractivity contribution >= 4 is 0 Å². The molecule has 3 atom stereocenters.